The fourth-order valence-electron chi connectivity index (χ4n) is 3.26. The van der Waals surface area contributed by atoms with Gasteiger partial charge < -0.3 is 4.74 Å². The minimum Gasteiger partial charge on any atom is -0.372 e. The predicted octanol–water partition coefficient (Wildman–Crippen LogP) is 6.83. The van der Waals surface area contributed by atoms with Crippen molar-refractivity contribution in [3.05, 3.63) is 107 Å². The van der Waals surface area contributed by atoms with Crippen LogP contribution in [-0.4, -0.2) is 9.97 Å². The molecular formula is C24H18Cl2N2O. The van der Waals surface area contributed by atoms with Gasteiger partial charge in [-0.25, -0.2) is 9.97 Å². The van der Waals surface area contributed by atoms with Crippen LogP contribution in [0.4, 0.5) is 0 Å². The second-order valence-electron chi connectivity index (χ2n) is 6.56. The van der Waals surface area contributed by atoms with E-state index in [4.69, 9.17) is 27.9 Å². The number of rotatable bonds is 6. The lowest BCUT2D eigenvalue weighted by Gasteiger charge is -2.16. The fourth-order valence-corrected chi connectivity index (χ4v) is 3.72. The standard InChI is InChI=1S/C24H18Cl2N2O/c25-21-10-9-18(23(26)11-21)14-29-15-19-7-4-8-22(17-5-2-1-3-6-17)24(19)20-12-27-16-28-13-20/h1-13,16H,14-15H2. The zero-order valence-corrected chi connectivity index (χ0v) is 17.1. The maximum absolute atomic E-state index is 6.26. The fraction of sp³-hybridized carbons (Fsp3) is 0.0833. The number of aromatic nitrogens is 2. The third kappa shape index (κ3) is 4.65. The lowest BCUT2D eigenvalue weighted by molar-refractivity contribution is 0.107. The summed E-state index contributed by atoms with van der Waals surface area (Å²) in [5, 5.41) is 1.22. The molecule has 0 spiro atoms. The van der Waals surface area contributed by atoms with E-state index in [2.05, 4.69) is 34.2 Å². The Bertz CT molecular complexity index is 1100. The van der Waals surface area contributed by atoms with Crippen LogP contribution in [0.5, 0.6) is 0 Å². The minimum absolute atomic E-state index is 0.399. The van der Waals surface area contributed by atoms with Crippen molar-refractivity contribution in [2.24, 2.45) is 0 Å². The third-order valence-electron chi connectivity index (χ3n) is 4.62. The Morgan fingerprint density at radius 3 is 2.24 bits per heavy atom. The largest absolute Gasteiger partial charge is 0.372 e. The Morgan fingerprint density at radius 2 is 1.48 bits per heavy atom. The summed E-state index contributed by atoms with van der Waals surface area (Å²) in [5.41, 5.74) is 6.24. The molecule has 144 valence electrons. The summed E-state index contributed by atoms with van der Waals surface area (Å²) in [4.78, 5) is 8.41. The van der Waals surface area contributed by atoms with Gasteiger partial charge in [0.25, 0.3) is 0 Å². The maximum atomic E-state index is 6.26. The molecule has 1 heterocycles. The first-order chi connectivity index (χ1) is 14.2. The quantitative estimate of drug-likeness (QED) is 0.342. The molecular weight excluding hydrogens is 403 g/mol. The van der Waals surface area contributed by atoms with E-state index in [1.807, 2.05) is 48.8 Å². The van der Waals surface area contributed by atoms with E-state index in [1.54, 1.807) is 6.07 Å². The van der Waals surface area contributed by atoms with Crippen molar-refractivity contribution in [3.63, 3.8) is 0 Å². The highest BCUT2D eigenvalue weighted by molar-refractivity contribution is 6.35. The van der Waals surface area contributed by atoms with E-state index in [-0.39, 0.29) is 0 Å². The van der Waals surface area contributed by atoms with Gasteiger partial charge in [-0.15, -0.1) is 0 Å². The number of halogens is 2. The van der Waals surface area contributed by atoms with Gasteiger partial charge in [-0.2, -0.15) is 0 Å². The van der Waals surface area contributed by atoms with Gasteiger partial charge in [0, 0.05) is 28.0 Å². The Morgan fingerprint density at radius 1 is 0.724 bits per heavy atom. The Kier molecular flexibility index (Phi) is 6.20. The lowest BCUT2D eigenvalue weighted by atomic mass is 9.92. The summed E-state index contributed by atoms with van der Waals surface area (Å²) in [7, 11) is 0. The van der Waals surface area contributed by atoms with Gasteiger partial charge in [-0.05, 0) is 39.9 Å². The average molecular weight is 421 g/mol. The Labute approximate surface area is 179 Å². The van der Waals surface area contributed by atoms with E-state index in [1.165, 1.54) is 6.33 Å². The molecule has 0 radical (unpaired) electrons. The first-order valence-electron chi connectivity index (χ1n) is 9.17. The highest BCUT2D eigenvalue weighted by atomic mass is 35.5. The number of hydrogen-bond acceptors (Lipinski definition) is 3. The van der Waals surface area contributed by atoms with Crippen LogP contribution in [0.15, 0.2) is 85.5 Å². The molecule has 0 aliphatic heterocycles. The van der Waals surface area contributed by atoms with Crippen molar-refractivity contribution < 1.29 is 4.74 Å². The van der Waals surface area contributed by atoms with Crippen LogP contribution in [0.1, 0.15) is 11.1 Å². The molecule has 4 rings (SSSR count). The van der Waals surface area contributed by atoms with Gasteiger partial charge in [0.05, 0.1) is 13.2 Å². The first kappa shape index (κ1) is 19.6. The third-order valence-corrected chi connectivity index (χ3v) is 5.20. The molecule has 0 amide bonds. The molecule has 0 saturated heterocycles. The normalized spacial score (nSPS) is 10.8. The molecule has 0 bridgehead atoms. The van der Waals surface area contributed by atoms with Gasteiger partial charge in [0.1, 0.15) is 6.33 Å². The molecule has 5 heteroatoms. The van der Waals surface area contributed by atoms with E-state index >= 15 is 0 Å². The molecule has 0 aliphatic rings. The molecule has 0 atom stereocenters. The van der Waals surface area contributed by atoms with Gasteiger partial charge in [0.2, 0.25) is 0 Å². The van der Waals surface area contributed by atoms with Crippen LogP contribution in [0.3, 0.4) is 0 Å². The van der Waals surface area contributed by atoms with E-state index < -0.39 is 0 Å². The number of ether oxygens (including phenoxy) is 1. The van der Waals surface area contributed by atoms with E-state index in [0.29, 0.717) is 23.3 Å². The topological polar surface area (TPSA) is 35.0 Å². The molecule has 0 unspecified atom stereocenters. The number of hydrogen-bond donors (Lipinski definition) is 0. The summed E-state index contributed by atoms with van der Waals surface area (Å²) in [6.07, 6.45) is 5.19. The highest BCUT2D eigenvalue weighted by Gasteiger charge is 2.13. The van der Waals surface area contributed by atoms with Crippen molar-refractivity contribution in [1.82, 2.24) is 9.97 Å². The molecule has 3 nitrogen and oxygen atoms in total. The molecule has 0 N–H and O–H groups in total. The molecule has 29 heavy (non-hydrogen) atoms. The average Bonchev–Trinajstić information content (AvgIpc) is 2.76. The van der Waals surface area contributed by atoms with Crippen molar-refractivity contribution >= 4 is 23.2 Å². The van der Waals surface area contributed by atoms with Crippen molar-refractivity contribution in [1.29, 1.82) is 0 Å². The Hall–Kier alpha value is -2.72. The van der Waals surface area contributed by atoms with Gasteiger partial charge in [0.15, 0.2) is 0 Å². The monoisotopic (exact) mass is 420 g/mol. The number of benzene rings is 3. The minimum atomic E-state index is 0.399. The smallest absolute Gasteiger partial charge is 0.115 e. The second kappa shape index (κ2) is 9.19. The first-order valence-corrected chi connectivity index (χ1v) is 9.92. The Balaban J connectivity index is 1.66. The maximum Gasteiger partial charge on any atom is 0.115 e. The number of nitrogens with zero attached hydrogens (tertiary/aromatic N) is 2. The summed E-state index contributed by atoms with van der Waals surface area (Å²) in [6.45, 7) is 0.833. The summed E-state index contributed by atoms with van der Waals surface area (Å²) in [5.74, 6) is 0. The zero-order chi connectivity index (χ0) is 20.1. The van der Waals surface area contributed by atoms with Crippen LogP contribution < -0.4 is 0 Å². The van der Waals surface area contributed by atoms with E-state index in [9.17, 15) is 0 Å². The zero-order valence-electron chi connectivity index (χ0n) is 15.6. The lowest BCUT2D eigenvalue weighted by Crippen LogP contribution is -1.99. The molecule has 4 aromatic rings. The predicted molar refractivity (Wildman–Crippen MR) is 118 cm³/mol. The van der Waals surface area contributed by atoms with Crippen molar-refractivity contribution in [2.45, 2.75) is 13.2 Å². The molecule has 0 fully saturated rings. The van der Waals surface area contributed by atoms with Crippen molar-refractivity contribution in [3.8, 4) is 22.3 Å². The van der Waals surface area contributed by atoms with Crippen LogP contribution in [0.2, 0.25) is 10.0 Å². The van der Waals surface area contributed by atoms with Crippen LogP contribution in [0, 0.1) is 0 Å². The van der Waals surface area contributed by atoms with Crippen LogP contribution in [0.25, 0.3) is 22.3 Å². The van der Waals surface area contributed by atoms with Crippen LogP contribution >= 0.6 is 23.2 Å². The molecule has 1 aromatic heterocycles. The van der Waals surface area contributed by atoms with Crippen molar-refractivity contribution in [2.75, 3.05) is 0 Å². The molecule has 0 saturated carbocycles. The summed E-state index contributed by atoms with van der Waals surface area (Å²) < 4.78 is 6.01. The van der Waals surface area contributed by atoms with Gasteiger partial charge >= 0.3 is 0 Å². The van der Waals surface area contributed by atoms with Crippen LogP contribution in [-0.2, 0) is 18.0 Å². The van der Waals surface area contributed by atoms with Gasteiger partial charge in [-0.3, -0.25) is 0 Å². The summed E-state index contributed by atoms with van der Waals surface area (Å²) in [6, 6.07) is 21.9. The van der Waals surface area contributed by atoms with Gasteiger partial charge in [-0.1, -0.05) is 77.8 Å². The summed E-state index contributed by atoms with van der Waals surface area (Å²) >= 11 is 12.2. The molecule has 3 aromatic carbocycles. The highest BCUT2D eigenvalue weighted by Crippen LogP contribution is 2.35. The second-order valence-corrected chi connectivity index (χ2v) is 7.41. The van der Waals surface area contributed by atoms with E-state index in [0.717, 1.165) is 33.4 Å². The molecule has 0 aliphatic carbocycles. The SMILES string of the molecule is Clc1ccc(COCc2cccc(-c3ccccc3)c2-c2cncnc2)c(Cl)c1.